The summed E-state index contributed by atoms with van der Waals surface area (Å²) in [6, 6.07) is 6.15. The first-order valence-corrected chi connectivity index (χ1v) is 8.85. The van der Waals surface area contributed by atoms with Crippen LogP contribution in [0.1, 0.15) is 18.5 Å². The number of amides is 1. The van der Waals surface area contributed by atoms with Gasteiger partial charge in [0.15, 0.2) is 0 Å². The van der Waals surface area contributed by atoms with E-state index in [2.05, 4.69) is 15.5 Å². The molecule has 2 saturated heterocycles. The Morgan fingerprint density at radius 2 is 2.20 bits per heavy atom. The molecule has 2 fully saturated rings. The van der Waals surface area contributed by atoms with Crippen LogP contribution in [0.25, 0.3) is 0 Å². The van der Waals surface area contributed by atoms with Gasteiger partial charge in [0, 0.05) is 26.2 Å². The highest BCUT2D eigenvalue weighted by Gasteiger charge is 2.30. The van der Waals surface area contributed by atoms with Crippen molar-refractivity contribution in [3.05, 3.63) is 35.6 Å². The summed E-state index contributed by atoms with van der Waals surface area (Å²) in [5.41, 5.74) is 0.864. The van der Waals surface area contributed by atoms with Gasteiger partial charge in [0.2, 0.25) is 5.91 Å². The van der Waals surface area contributed by atoms with E-state index in [1.54, 1.807) is 6.07 Å². The molecule has 0 radical (unpaired) electrons. The number of carbonyl (C=O) groups is 1. The fraction of sp³-hybridized carbons (Fsp3) is 0.611. The number of nitrogens with one attached hydrogen (secondary N) is 2. The predicted octanol–water partition coefficient (Wildman–Crippen LogP) is 0.692. The Morgan fingerprint density at radius 1 is 1.40 bits per heavy atom. The lowest BCUT2D eigenvalue weighted by atomic mass is 10.0. The lowest BCUT2D eigenvalue weighted by molar-refractivity contribution is -0.129. The topological polar surface area (TPSA) is 62.8 Å². The fourth-order valence-corrected chi connectivity index (χ4v) is 3.40. The molecule has 6 nitrogen and oxygen atoms in total. The molecule has 0 saturated carbocycles. The van der Waals surface area contributed by atoms with Crippen LogP contribution >= 0.6 is 0 Å². The molecule has 2 aliphatic heterocycles. The number of hydrogen-bond donors (Lipinski definition) is 2. The molecule has 1 aromatic rings. The number of hydrogen-bond acceptors (Lipinski definition) is 5. The van der Waals surface area contributed by atoms with E-state index in [9.17, 15) is 9.18 Å². The molecule has 3 rings (SSSR count). The average Bonchev–Trinajstić information content (AvgIpc) is 2.63. The van der Waals surface area contributed by atoms with E-state index in [1.807, 2.05) is 13.0 Å². The summed E-state index contributed by atoms with van der Waals surface area (Å²) in [5.74, 6) is -0.347. The first kappa shape index (κ1) is 18.3. The first-order chi connectivity index (χ1) is 12.1. The van der Waals surface area contributed by atoms with E-state index in [4.69, 9.17) is 9.47 Å². The van der Waals surface area contributed by atoms with Gasteiger partial charge in [-0.3, -0.25) is 9.69 Å². The Morgan fingerprint density at radius 3 is 2.92 bits per heavy atom. The third kappa shape index (κ3) is 4.76. The Balaban J connectivity index is 1.67. The van der Waals surface area contributed by atoms with E-state index in [0.29, 0.717) is 32.9 Å². The smallest absolute Gasteiger partial charge is 0.239 e. The van der Waals surface area contributed by atoms with Crippen molar-refractivity contribution in [3.63, 3.8) is 0 Å². The molecule has 3 atom stereocenters. The Labute approximate surface area is 147 Å². The summed E-state index contributed by atoms with van der Waals surface area (Å²) < 4.78 is 24.6. The Hall–Kier alpha value is -1.54. The van der Waals surface area contributed by atoms with E-state index in [0.717, 1.165) is 18.7 Å². The largest absolute Gasteiger partial charge is 0.379 e. The summed E-state index contributed by atoms with van der Waals surface area (Å²) in [6.45, 7) is 6.42. The Kier molecular flexibility index (Phi) is 6.36. The molecule has 2 heterocycles. The highest BCUT2D eigenvalue weighted by molar-refractivity contribution is 5.82. The normalized spacial score (nSPS) is 26.2. The quantitative estimate of drug-likeness (QED) is 0.817. The van der Waals surface area contributed by atoms with Gasteiger partial charge < -0.3 is 20.1 Å². The third-order valence-electron chi connectivity index (χ3n) is 4.79. The summed E-state index contributed by atoms with van der Waals surface area (Å²) in [7, 11) is 0. The van der Waals surface area contributed by atoms with Gasteiger partial charge in [-0.15, -0.1) is 0 Å². The van der Waals surface area contributed by atoms with Gasteiger partial charge in [-0.2, -0.15) is 0 Å². The van der Waals surface area contributed by atoms with Gasteiger partial charge in [-0.1, -0.05) is 12.1 Å². The van der Waals surface area contributed by atoms with Crippen molar-refractivity contribution in [1.82, 2.24) is 15.5 Å². The van der Waals surface area contributed by atoms with E-state index < -0.39 is 0 Å². The fourth-order valence-electron chi connectivity index (χ4n) is 3.40. The molecule has 0 aliphatic carbocycles. The second kappa shape index (κ2) is 8.71. The van der Waals surface area contributed by atoms with Gasteiger partial charge in [0.1, 0.15) is 11.9 Å². The summed E-state index contributed by atoms with van der Waals surface area (Å²) in [4.78, 5) is 14.8. The van der Waals surface area contributed by atoms with Crippen molar-refractivity contribution in [2.75, 3.05) is 46.0 Å². The molecule has 0 bridgehead atoms. The zero-order valence-electron chi connectivity index (χ0n) is 14.5. The molecule has 7 heteroatoms. The first-order valence-electron chi connectivity index (χ1n) is 8.85. The van der Waals surface area contributed by atoms with E-state index >= 15 is 0 Å². The minimum atomic E-state index is -0.355. The van der Waals surface area contributed by atoms with Gasteiger partial charge in [0.25, 0.3) is 0 Å². The van der Waals surface area contributed by atoms with Crippen LogP contribution in [0, 0.1) is 5.82 Å². The predicted molar refractivity (Wildman–Crippen MR) is 91.7 cm³/mol. The number of morpholine rings is 2. The molecule has 138 valence electrons. The van der Waals surface area contributed by atoms with Crippen molar-refractivity contribution in [1.29, 1.82) is 0 Å². The van der Waals surface area contributed by atoms with Crippen molar-refractivity contribution in [2.24, 2.45) is 0 Å². The highest BCUT2D eigenvalue weighted by atomic mass is 19.1. The zero-order valence-corrected chi connectivity index (χ0v) is 14.5. The Bertz CT molecular complexity index is 580. The molecule has 0 spiro atoms. The van der Waals surface area contributed by atoms with Crippen LogP contribution in [0.4, 0.5) is 4.39 Å². The van der Waals surface area contributed by atoms with Crippen LogP contribution in [0.5, 0.6) is 0 Å². The molecule has 1 unspecified atom stereocenters. The lowest BCUT2D eigenvalue weighted by Crippen LogP contribution is -2.56. The number of nitrogens with zero attached hydrogens (tertiary/aromatic N) is 1. The highest BCUT2D eigenvalue weighted by Crippen LogP contribution is 2.22. The van der Waals surface area contributed by atoms with Crippen LogP contribution in [-0.2, 0) is 14.3 Å². The van der Waals surface area contributed by atoms with Crippen LogP contribution in [0.3, 0.4) is 0 Å². The average molecular weight is 351 g/mol. The maximum atomic E-state index is 13.7. The third-order valence-corrected chi connectivity index (χ3v) is 4.79. The second-order valence-electron chi connectivity index (χ2n) is 6.47. The maximum absolute atomic E-state index is 13.7. The number of halogens is 1. The number of benzene rings is 1. The van der Waals surface area contributed by atoms with Gasteiger partial charge in [-0.25, -0.2) is 4.39 Å². The minimum absolute atomic E-state index is 0.0802. The van der Waals surface area contributed by atoms with Crippen LogP contribution in [0.2, 0.25) is 0 Å². The molecule has 1 aromatic carbocycles. The molecule has 2 aliphatic rings. The number of carbonyl (C=O) groups excluding carboxylic acids is 1. The molecule has 2 N–H and O–H groups in total. The lowest BCUT2D eigenvalue weighted by Gasteiger charge is -2.36. The van der Waals surface area contributed by atoms with Crippen molar-refractivity contribution < 1.29 is 18.7 Å². The standard InChI is InChI=1S/C18H26FN3O3/c1-13-17(20-5-8-25-13)18(23)21-12-16(22-6-9-24-10-7-22)14-3-2-4-15(19)11-14/h2-4,11,13,16-17,20H,5-10,12H2,1H3,(H,21,23)/t13-,16?,17+/m1/s1. The molecule has 25 heavy (non-hydrogen) atoms. The van der Waals surface area contributed by atoms with E-state index in [1.165, 1.54) is 12.1 Å². The summed E-state index contributed by atoms with van der Waals surface area (Å²) in [5, 5.41) is 6.20. The second-order valence-corrected chi connectivity index (χ2v) is 6.47. The number of rotatable bonds is 5. The minimum Gasteiger partial charge on any atom is -0.379 e. The van der Waals surface area contributed by atoms with Gasteiger partial charge >= 0.3 is 0 Å². The van der Waals surface area contributed by atoms with E-state index in [-0.39, 0.29) is 29.9 Å². The maximum Gasteiger partial charge on any atom is 0.239 e. The van der Waals surface area contributed by atoms with Crippen molar-refractivity contribution in [2.45, 2.75) is 25.1 Å². The molecule has 1 amide bonds. The molecular weight excluding hydrogens is 325 g/mol. The van der Waals surface area contributed by atoms with Crippen LogP contribution in [-0.4, -0.2) is 69.0 Å². The van der Waals surface area contributed by atoms with Crippen molar-refractivity contribution in [3.8, 4) is 0 Å². The summed E-state index contributed by atoms with van der Waals surface area (Å²) >= 11 is 0. The zero-order chi connectivity index (χ0) is 17.6. The molecular formula is C18H26FN3O3. The SMILES string of the molecule is C[C@H]1OCCN[C@@H]1C(=O)NCC(c1cccc(F)c1)N1CCOCC1. The van der Waals surface area contributed by atoms with Gasteiger partial charge in [-0.05, 0) is 24.6 Å². The summed E-state index contributed by atoms with van der Waals surface area (Å²) in [6.07, 6.45) is -0.162. The van der Waals surface area contributed by atoms with Crippen LogP contribution in [0.15, 0.2) is 24.3 Å². The van der Waals surface area contributed by atoms with Crippen molar-refractivity contribution >= 4 is 5.91 Å². The number of ether oxygens (including phenoxy) is 2. The van der Waals surface area contributed by atoms with Gasteiger partial charge in [0.05, 0.1) is 32.0 Å². The van der Waals surface area contributed by atoms with Crippen LogP contribution < -0.4 is 10.6 Å². The molecule has 0 aromatic heterocycles. The monoisotopic (exact) mass is 351 g/mol.